The molecule has 1 aromatic carbocycles. The van der Waals surface area contributed by atoms with Crippen LogP contribution in [0.15, 0.2) is 30.9 Å². The van der Waals surface area contributed by atoms with E-state index in [-0.39, 0.29) is 10.8 Å². The van der Waals surface area contributed by atoms with E-state index in [1.54, 1.807) is 12.1 Å². The van der Waals surface area contributed by atoms with Crippen LogP contribution in [0.5, 0.6) is 11.5 Å². The first kappa shape index (κ1) is 14.8. The van der Waals surface area contributed by atoms with Gasteiger partial charge in [0.15, 0.2) is 0 Å². The fraction of sp³-hybridized carbons (Fsp3) is 0.467. The van der Waals surface area contributed by atoms with Crippen LogP contribution in [0.1, 0.15) is 26.3 Å². The van der Waals surface area contributed by atoms with Crippen LogP contribution in [0.2, 0.25) is 18.1 Å². The predicted octanol–water partition coefficient (Wildman–Crippen LogP) is 4.50. The molecule has 2 nitrogen and oxygen atoms in total. The number of allylic oxidation sites excluding steroid dienone is 1. The Morgan fingerprint density at radius 2 is 1.94 bits per heavy atom. The first-order chi connectivity index (χ1) is 8.17. The summed E-state index contributed by atoms with van der Waals surface area (Å²) >= 11 is 0. The minimum atomic E-state index is -1.84. The number of hydrogen-bond acceptors (Lipinski definition) is 2. The van der Waals surface area contributed by atoms with Gasteiger partial charge in [-0.25, -0.2) is 0 Å². The Kier molecular flexibility index (Phi) is 4.27. The molecule has 0 aliphatic rings. The van der Waals surface area contributed by atoms with Crippen molar-refractivity contribution in [3.05, 3.63) is 36.4 Å². The number of hydrogen-bond donors (Lipinski definition) is 1. The van der Waals surface area contributed by atoms with Gasteiger partial charge in [-0.2, -0.15) is 0 Å². The molecule has 0 saturated carbocycles. The smallest absolute Gasteiger partial charge is 0.250 e. The molecular formula is C15H24O2Si. The van der Waals surface area contributed by atoms with E-state index in [4.69, 9.17) is 4.43 Å². The van der Waals surface area contributed by atoms with Gasteiger partial charge in [-0.1, -0.05) is 32.9 Å². The second kappa shape index (κ2) is 5.18. The quantitative estimate of drug-likeness (QED) is 0.640. The molecular weight excluding hydrogens is 240 g/mol. The van der Waals surface area contributed by atoms with E-state index in [1.807, 2.05) is 12.1 Å². The summed E-state index contributed by atoms with van der Waals surface area (Å²) in [7, 11) is -1.84. The summed E-state index contributed by atoms with van der Waals surface area (Å²) in [5.74, 6) is 1.04. The highest BCUT2D eigenvalue weighted by molar-refractivity contribution is 6.74. The monoisotopic (exact) mass is 264 g/mol. The number of phenols is 1. The molecule has 18 heavy (non-hydrogen) atoms. The van der Waals surface area contributed by atoms with Crippen LogP contribution in [0.25, 0.3) is 0 Å². The van der Waals surface area contributed by atoms with Gasteiger partial charge in [-0.15, -0.1) is 6.58 Å². The molecule has 0 aliphatic carbocycles. The van der Waals surface area contributed by atoms with Crippen LogP contribution >= 0.6 is 0 Å². The lowest BCUT2D eigenvalue weighted by atomic mass is 10.1. The Hall–Kier alpha value is -1.22. The fourth-order valence-corrected chi connectivity index (χ4v) is 2.41. The molecule has 0 saturated heterocycles. The SMILES string of the molecule is C=CCc1ccc(O[Si](C)(C)C(C)(C)C)cc1O. The van der Waals surface area contributed by atoms with Crippen LogP contribution in [-0.4, -0.2) is 13.4 Å². The molecule has 0 unspecified atom stereocenters. The number of rotatable bonds is 4. The standard InChI is InChI=1S/C15H24O2Si/c1-7-8-12-9-10-13(11-14(12)16)17-18(5,6)15(2,3)4/h7,9-11,16H,1,8H2,2-6H3. The maximum Gasteiger partial charge on any atom is 0.250 e. The van der Waals surface area contributed by atoms with Gasteiger partial charge < -0.3 is 9.53 Å². The van der Waals surface area contributed by atoms with Crippen molar-refractivity contribution in [1.82, 2.24) is 0 Å². The highest BCUT2D eigenvalue weighted by Gasteiger charge is 2.39. The third kappa shape index (κ3) is 3.39. The van der Waals surface area contributed by atoms with Crippen molar-refractivity contribution in [2.45, 2.75) is 45.3 Å². The third-order valence-electron chi connectivity index (χ3n) is 3.60. The van der Waals surface area contributed by atoms with Crippen LogP contribution in [0, 0.1) is 0 Å². The zero-order chi connectivity index (χ0) is 14.0. The lowest BCUT2D eigenvalue weighted by Gasteiger charge is -2.36. The van der Waals surface area contributed by atoms with Crippen molar-refractivity contribution in [2.75, 3.05) is 0 Å². The molecule has 1 rings (SSSR count). The Labute approximate surface area is 111 Å². The van der Waals surface area contributed by atoms with Crippen LogP contribution in [0.3, 0.4) is 0 Å². The van der Waals surface area contributed by atoms with Gasteiger partial charge in [-0.3, -0.25) is 0 Å². The number of phenolic OH excluding ortho intramolecular Hbond substituents is 1. The maximum atomic E-state index is 9.91. The first-order valence-corrected chi connectivity index (χ1v) is 9.20. The van der Waals surface area contributed by atoms with E-state index >= 15 is 0 Å². The van der Waals surface area contributed by atoms with Crippen molar-refractivity contribution in [2.24, 2.45) is 0 Å². The van der Waals surface area contributed by atoms with Gasteiger partial charge in [0.25, 0.3) is 0 Å². The second-order valence-electron chi connectivity index (χ2n) is 6.15. The van der Waals surface area contributed by atoms with Crippen LogP contribution in [-0.2, 0) is 6.42 Å². The summed E-state index contributed by atoms with van der Waals surface area (Å²) in [4.78, 5) is 0. The van der Waals surface area contributed by atoms with Crippen molar-refractivity contribution in [3.63, 3.8) is 0 Å². The molecule has 0 fully saturated rings. The van der Waals surface area contributed by atoms with Crippen molar-refractivity contribution < 1.29 is 9.53 Å². The Bertz CT molecular complexity index is 431. The molecule has 3 heteroatoms. The lowest BCUT2D eigenvalue weighted by molar-refractivity contribution is 0.457. The van der Waals surface area contributed by atoms with Gasteiger partial charge in [0.2, 0.25) is 8.32 Å². The lowest BCUT2D eigenvalue weighted by Crippen LogP contribution is -2.43. The fourth-order valence-electron chi connectivity index (χ4n) is 1.38. The summed E-state index contributed by atoms with van der Waals surface area (Å²) in [6.45, 7) is 14.7. The van der Waals surface area contributed by atoms with Gasteiger partial charge in [0.1, 0.15) is 11.5 Å². The zero-order valence-electron chi connectivity index (χ0n) is 12.1. The van der Waals surface area contributed by atoms with Crippen LogP contribution in [0.4, 0.5) is 0 Å². The van der Waals surface area contributed by atoms with E-state index in [0.29, 0.717) is 6.42 Å². The summed E-state index contributed by atoms with van der Waals surface area (Å²) in [6.07, 6.45) is 2.45. The van der Waals surface area contributed by atoms with Crippen molar-refractivity contribution >= 4 is 8.32 Å². The molecule has 0 spiro atoms. The Morgan fingerprint density at radius 3 is 2.39 bits per heavy atom. The molecule has 0 radical (unpaired) electrons. The highest BCUT2D eigenvalue weighted by atomic mass is 28.4. The van der Waals surface area contributed by atoms with Gasteiger partial charge >= 0.3 is 0 Å². The van der Waals surface area contributed by atoms with Crippen molar-refractivity contribution in [3.8, 4) is 11.5 Å². The van der Waals surface area contributed by atoms with E-state index in [2.05, 4.69) is 40.4 Å². The third-order valence-corrected chi connectivity index (χ3v) is 7.96. The Morgan fingerprint density at radius 1 is 1.33 bits per heavy atom. The maximum absolute atomic E-state index is 9.91. The molecule has 0 atom stereocenters. The number of benzene rings is 1. The second-order valence-corrected chi connectivity index (χ2v) is 10.9. The number of aromatic hydroxyl groups is 1. The summed E-state index contributed by atoms with van der Waals surface area (Å²) in [5, 5.41) is 10.1. The van der Waals surface area contributed by atoms with Gasteiger partial charge in [0, 0.05) is 6.07 Å². The topological polar surface area (TPSA) is 29.5 Å². The van der Waals surface area contributed by atoms with Gasteiger partial charge in [0.05, 0.1) is 0 Å². The average Bonchev–Trinajstić information content (AvgIpc) is 2.20. The Balaban J connectivity index is 2.93. The van der Waals surface area contributed by atoms with Crippen LogP contribution < -0.4 is 4.43 Å². The molecule has 0 amide bonds. The van der Waals surface area contributed by atoms with Gasteiger partial charge in [-0.05, 0) is 36.2 Å². The summed E-state index contributed by atoms with van der Waals surface area (Å²) in [6, 6.07) is 5.54. The normalized spacial score (nSPS) is 12.3. The molecule has 0 bridgehead atoms. The molecule has 0 heterocycles. The molecule has 0 aromatic heterocycles. The summed E-state index contributed by atoms with van der Waals surface area (Å²) < 4.78 is 6.13. The molecule has 0 aliphatic heterocycles. The highest BCUT2D eigenvalue weighted by Crippen LogP contribution is 2.38. The predicted molar refractivity (Wildman–Crippen MR) is 79.8 cm³/mol. The minimum Gasteiger partial charge on any atom is -0.543 e. The molecule has 100 valence electrons. The first-order valence-electron chi connectivity index (χ1n) is 6.29. The van der Waals surface area contributed by atoms with E-state index in [0.717, 1.165) is 11.3 Å². The van der Waals surface area contributed by atoms with E-state index in [9.17, 15) is 5.11 Å². The minimum absolute atomic E-state index is 0.155. The van der Waals surface area contributed by atoms with E-state index in [1.165, 1.54) is 0 Å². The van der Waals surface area contributed by atoms with Crippen molar-refractivity contribution in [1.29, 1.82) is 0 Å². The zero-order valence-corrected chi connectivity index (χ0v) is 13.1. The van der Waals surface area contributed by atoms with E-state index < -0.39 is 8.32 Å². The largest absolute Gasteiger partial charge is 0.543 e. The average molecular weight is 264 g/mol. The molecule has 1 N–H and O–H groups in total. The summed E-state index contributed by atoms with van der Waals surface area (Å²) in [5.41, 5.74) is 0.882. The molecule has 1 aromatic rings.